The summed E-state index contributed by atoms with van der Waals surface area (Å²) < 4.78 is 0. The monoisotopic (exact) mass is 200 g/mol. The quantitative estimate of drug-likeness (QED) is 0.247. The largest absolute Gasteiger partial charge is 0.234 e. The standard InChI is InChI=1S/C8H12N2O2.H4Si/c11-7-9-5-3-1-2-4-6-10-8-12;/h1-6H2;1H4. The van der Waals surface area contributed by atoms with Crippen LogP contribution >= 0.6 is 0 Å². The first-order chi connectivity index (χ1) is 5.91. The highest BCUT2D eigenvalue weighted by Gasteiger charge is 1.87. The normalized spacial score (nSPS) is 7.69. The Morgan fingerprint density at radius 1 is 0.769 bits per heavy atom. The van der Waals surface area contributed by atoms with Gasteiger partial charge in [0.15, 0.2) is 0 Å². The molecule has 0 aliphatic rings. The first kappa shape index (κ1) is 14.5. The summed E-state index contributed by atoms with van der Waals surface area (Å²) in [6, 6.07) is 0. The van der Waals surface area contributed by atoms with Gasteiger partial charge in [-0.2, -0.15) is 0 Å². The SMILES string of the molecule is O=C=NCCCCCCN=C=O.[SiH4]. The first-order valence-electron chi connectivity index (χ1n) is 3.99. The van der Waals surface area contributed by atoms with Gasteiger partial charge in [0.1, 0.15) is 0 Å². The van der Waals surface area contributed by atoms with Gasteiger partial charge in [0.2, 0.25) is 12.2 Å². The first-order valence-corrected chi connectivity index (χ1v) is 3.99. The Hall–Kier alpha value is -1.02. The van der Waals surface area contributed by atoms with Crippen LogP contribution in [0.15, 0.2) is 9.98 Å². The van der Waals surface area contributed by atoms with Crippen LogP contribution < -0.4 is 0 Å². The van der Waals surface area contributed by atoms with Gasteiger partial charge in [-0.3, -0.25) is 0 Å². The topological polar surface area (TPSA) is 58.9 Å². The predicted octanol–water partition coefficient (Wildman–Crippen LogP) is -0.233. The fraction of sp³-hybridized carbons (Fsp3) is 0.750. The van der Waals surface area contributed by atoms with Crippen LogP contribution in [0.4, 0.5) is 0 Å². The van der Waals surface area contributed by atoms with Crippen molar-refractivity contribution in [2.75, 3.05) is 13.1 Å². The molecule has 74 valence electrons. The summed E-state index contributed by atoms with van der Waals surface area (Å²) in [5.41, 5.74) is 0. The number of isocyanates is 2. The number of nitrogens with zero attached hydrogens (tertiary/aromatic N) is 2. The van der Waals surface area contributed by atoms with Crippen LogP contribution in [-0.2, 0) is 9.59 Å². The van der Waals surface area contributed by atoms with E-state index in [2.05, 4.69) is 9.98 Å². The van der Waals surface area contributed by atoms with Gasteiger partial charge in [-0.05, 0) is 23.8 Å². The minimum atomic E-state index is 0. The van der Waals surface area contributed by atoms with Crippen molar-refractivity contribution in [1.29, 1.82) is 0 Å². The number of aliphatic imine (C=N–C) groups is 2. The molecule has 0 radical (unpaired) electrons. The van der Waals surface area contributed by atoms with Crippen molar-refractivity contribution in [3.63, 3.8) is 0 Å². The highest BCUT2D eigenvalue weighted by molar-refractivity contribution is 5.75. The van der Waals surface area contributed by atoms with Gasteiger partial charge in [-0.15, -0.1) is 0 Å². The second kappa shape index (κ2) is 13.6. The van der Waals surface area contributed by atoms with E-state index in [-0.39, 0.29) is 11.0 Å². The molecule has 0 spiro atoms. The van der Waals surface area contributed by atoms with Crippen LogP contribution in [0.2, 0.25) is 0 Å². The molecule has 0 rings (SSSR count). The van der Waals surface area contributed by atoms with E-state index in [0.29, 0.717) is 13.1 Å². The van der Waals surface area contributed by atoms with Gasteiger partial charge < -0.3 is 0 Å². The third kappa shape index (κ3) is 13.9. The molecule has 13 heavy (non-hydrogen) atoms. The summed E-state index contributed by atoms with van der Waals surface area (Å²) in [7, 11) is 0. The third-order valence-electron chi connectivity index (χ3n) is 1.42. The summed E-state index contributed by atoms with van der Waals surface area (Å²) in [6.07, 6.45) is 6.80. The van der Waals surface area contributed by atoms with Crippen molar-refractivity contribution >= 4 is 23.1 Å². The molecule has 0 aromatic carbocycles. The van der Waals surface area contributed by atoms with Crippen molar-refractivity contribution in [3.8, 4) is 0 Å². The molecular formula is C8H16N2O2Si. The molecule has 0 fully saturated rings. The van der Waals surface area contributed by atoms with Gasteiger partial charge in [0, 0.05) is 0 Å². The fourth-order valence-corrected chi connectivity index (χ4v) is 0.827. The molecule has 0 atom stereocenters. The Balaban J connectivity index is 0. The van der Waals surface area contributed by atoms with E-state index in [0.717, 1.165) is 25.7 Å². The molecule has 0 aromatic rings. The van der Waals surface area contributed by atoms with Gasteiger partial charge in [0.05, 0.1) is 13.1 Å². The number of carbonyl (C=O) groups excluding carboxylic acids is 2. The molecule has 0 aromatic heterocycles. The van der Waals surface area contributed by atoms with Crippen molar-refractivity contribution in [2.45, 2.75) is 25.7 Å². The maximum atomic E-state index is 9.63. The smallest absolute Gasteiger partial charge is 0.211 e. The second-order valence-corrected chi connectivity index (χ2v) is 2.36. The predicted molar refractivity (Wildman–Crippen MR) is 55.8 cm³/mol. The zero-order chi connectivity index (χ0) is 9.07. The van der Waals surface area contributed by atoms with Crippen LogP contribution in [0, 0.1) is 0 Å². The molecule has 0 heterocycles. The number of hydrogen-bond donors (Lipinski definition) is 0. The number of hydrogen-bond acceptors (Lipinski definition) is 4. The van der Waals surface area contributed by atoms with Crippen LogP contribution in [0.1, 0.15) is 25.7 Å². The minimum absolute atomic E-state index is 0. The van der Waals surface area contributed by atoms with Gasteiger partial charge in [0.25, 0.3) is 0 Å². The van der Waals surface area contributed by atoms with Gasteiger partial charge in [-0.1, -0.05) is 12.8 Å². The molecule has 0 unspecified atom stereocenters. The lowest BCUT2D eigenvalue weighted by Crippen LogP contribution is -1.84. The third-order valence-corrected chi connectivity index (χ3v) is 1.42. The number of unbranched alkanes of at least 4 members (excludes halogenated alkanes) is 3. The fourth-order valence-electron chi connectivity index (χ4n) is 0.827. The van der Waals surface area contributed by atoms with Crippen LogP contribution in [-0.4, -0.2) is 36.2 Å². The van der Waals surface area contributed by atoms with E-state index in [4.69, 9.17) is 0 Å². The molecule has 0 aliphatic carbocycles. The number of rotatable bonds is 7. The lowest BCUT2D eigenvalue weighted by molar-refractivity contribution is 0.558. The average molecular weight is 200 g/mol. The van der Waals surface area contributed by atoms with E-state index < -0.39 is 0 Å². The maximum absolute atomic E-state index is 9.63. The second-order valence-electron chi connectivity index (χ2n) is 2.36. The Kier molecular flexibility index (Phi) is 15.1. The van der Waals surface area contributed by atoms with Crippen LogP contribution in [0.3, 0.4) is 0 Å². The van der Waals surface area contributed by atoms with E-state index >= 15 is 0 Å². The van der Waals surface area contributed by atoms with Crippen molar-refractivity contribution in [3.05, 3.63) is 0 Å². The van der Waals surface area contributed by atoms with E-state index in [1.165, 1.54) is 12.2 Å². The van der Waals surface area contributed by atoms with E-state index in [1.807, 2.05) is 0 Å². The highest BCUT2D eigenvalue weighted by Crippen LogP contribution is 1.99. The average Bonchev–Trinajstić information content (AvgIpc) is 2.10. The lowest BCUT2D eigenvalue weighted by atomic mass is 10.2. The Morgan fingerprint density at radius 2 is 1.15 bits per heavy atom. The van der Waals surface area contributed by atoms with Crippen molar-refractivity contribution < 1.29 is 9.59 Å². The van der Waals surface area contributed by atoms with Crippen molar-refractivity contribution in [1.82, 2.24) is 0 Å². The minimum Gasteiger partial charge on any atom is -0.211 e. The summed E-state index contributed by atoms with van der Waals surface area (Å²) in [4.78, 5) is 26.1. The molecule has 0 saturated heterocycles. The van der Waals surface area contributed by atoms with Crippen LogP contribution in [0.5, 0.6) is 0 Å². The van der Waals surface area contributed by atoms with E-state index in [1.54, 1.807) is 0 Å². The highest BCUT2D eigenvalue weighted by atomic mass is 28.1. The molecule has 0 aliphatic heterocycles. The summed E-state index contributed by atoms with van der Waals surface area (Å²) >= 11 is 0. The molecule has 0 N–H and O–H groups in total. The molecule has 0 amide bonds. The zero-order valence-corrected chi connectivity index (χ0v) is 6.95. The lowest BCUT2D eigenvalue weighted by Gasteiger charge is -1.93. The Labute approximate surface area is 82.2 Å². The Bertz CT molecular complexity index is 174. The van der Waals surface area contributed by atoms with Gasteiger partial charge >= 0.3 is 0 Å². The summed E-state index contributed by atoms with van der Waals surface area (Å²) in [5.74, 6) is 0. The zero-order valence-electron chi connectivity index (χ0n) is 6.95. The molecule has 0 saturated carbocycles. The van der Waals surface area contributed by atoms with Crippen LogP contribution in [0.25, 0.3) is 0 Å². The maximum Gasteiger partial charge on any atom is 0.234 e. The molecule has 5 heteroatoms. The summed E-state index contributed by atoms with van der Waals surface area (Å²) in [6.45, 7) is 1.11. The molecule has 4 nitrogen and oxygen atoms in total. The Morgan fingerprint density at radius 3 is 1.46 bits per heavy atom. The van der Waals surface area contributed by atoms with Crippen molar-refractivity contribution in [2.24, 2.45) is 9.98 Å². The molecule has 0 bridgehead atoms. The molecular weight excluding hydrogens is 184 g/mol. The van der Waals surface area contributed by atoms with Gasteiger partial charge in [-0.25, -0.2) is 19.6 Å². The summed E-state index contributed by atoms with van der Waals surface area (Å²) in [5, 5.41) is 0. The van der Waals surface area contributed by atoms with E-state index in [9.17, 15) is 9.59 Å².